The number of rotatable bonds is 5. The summed E-state index contributed by atoms with van der Waals surface area (Å²) in [7, 11) is 1.56. The lowest BCUT2D eigenvalue weighted by atomic mass is 10.1. The van der Waals surface area contributed by atoms with E-state index in [1.54, 1.807) is 36.6 Å². The van der Waals surface area contributed by atoms with Crippen molar-refractivity contribution in [2.45, 2.75) is 19.9 Å². The number of nitrogen functional groups attached to an aromatic ring is 1. The van der Waals surface area contributed by atoms with Gasteiger partial charge in [-0.25, -0.2) is 4.98 Å². The largest absolute Gasteiger partial charge is 0.497 e. The molecule has 1 aromatic carbocycles. The van der Waals surface area contributed by atoms with Crippen molar-refractivity contribution < 1.29 is 9.53 Å². The molecule has 6 heteroatoms. The van der Waals surface area contributed by atoms with Gasteiger partial charge in [-0.2, -0.15) is 0 Å². The monoisotopic (exact) mass is 291 g/mol. The van der Waals surface area contributed by atoms with Gasteiger partial charge >= 0.3 is 0 Å². The van der Waals surface area contributed by atoms with Crippen molar-refractivity contribution in [2.75, 3.05) is 12.8 Å². The Morgan fingerprint density at radius 2 is 2.30 bits per heavy atom. The van der Waals surface area contributed by atoms with Crippen LogP contribution in [0.3, 0.4) is 0 Å². The lowest BCUT2D eigenvalue weighted by Gasteiger charge is -2.08. The van der Waals surface area contributed by atoms with Crippen LogP contribution in [-0.4, -0.2) is 18.0 Å². The second-order valence-electron chi connectivity index (χ2n) is 4.21. The third-order valence-corrected chi connectivity index (χ3v) is 4.00. The number of hydrogen-bond donors (Lipinski definition) is 2. The van der Waals surface area contributed by atoms with Gasteiger partial charge in [-0.1, -0.05) is 6.92 Å². The third-order valence-electron chi connectivity index (χ3n) is 2.85. The van der Waals surface area contributed by atoms with Gasteiger partial charge in [0.25, 0.3) is 5.91 Å². The van der Waals surface area contributed by atoms with Crippen molar-refractivity contribution in [1.82, 2.24) is 10.3 Å². The summed E-state index contributed by atoms with van der Waals surface area (Å²) in [4.78, 5) is 17.5. The van der Waals surface area contributed by atoms with Crippen molar-refractivity contribution >= 4 is 22.9 Å². The molecule has 106 valence electrons. The van der Waals surface area contributed by atoms with E-state index in [0.717, 1.165) is 11.4 Å². The Bertz CT molecular complexity index is 610. The predicted molar refractivity (Wildman–Crippen MR) is 80.1 cm³/mol. The standard InChI is InChI=1S/C14H17N3O2S/c1-3-10-7-16-13(20-10)8-17-14(18)11-5-4-9(19-2)6-12(11)15/h4-7H,3,8,15H2,1-2H3,(H,17,18). The van der Waals surface area contributed by atoms with Gasteiger partial charge < -0.3 is 15.8 Å². The van der Waals surface area contributed by atoms with Crippen molar-refractivity contribution in [1.29, 1.82) is 0 Å². The fraction of sp³-hybridized carbons (Fsp3) is 0.286. The van der Waals surface area contributed by atoms with Crippen molar-refractivity contribution in [3.05, 3.63) is 39.8 Å². The molecular formula is C14H17N3O2S. The molecule has 0 radical (unpaired) electrons. The highest BCUT2D eigenvalue weighted by Crippen LogP contribution is 2.20. The van der Waals surface area contributed by atoms with Gasteiger partial charge in [0.2, 0.25) is 0 Å². The fourth-order valence-corrected chi connectivity index (χ4v) is 2.52. The number of thiazole rings is 1. The van der Waals surface area contributed by atoms with E-state index in [-0.39, 0.29) is 5.91 Å². The van der Waals surface area contributed by atoms with Crippen LogP contribution in [0.2, 0.25) is 0 Å². The number of hydrogen-bond acceptors (Lipinski definition) is 5. The average Bonchev–Trinajstić information content (AvgIpc) is 2.92. The molecule has 3 N–H and O–H groups in total. The van der Waals surface area contributed by atoms with E-state index in [2.05, 4.69) is 17.2 Å². The molecule has 0 aliphatic heterocycles. The van der Waals surface area contributed by atoms with Crippen molar-refractivity contribution in [3.8, 4) is 5.75 Å². The predicted octanol–water partition coefficient (Wildman–Crippen LogP) is 2.23. The summed E-state index contributed by atoms with van der Waals surface area (Å²) >= 11 is 1.60. The third kappa shape index (κ3) is 3.27. The Labute approximate surface area is 121 Å². The first-order valence-electron chi connectivity index (χ1n) is 6.29. The minimum absolute atomic E-state index is 0.210. The highest BCUT2D eigenvalue weighted by atomic mass is 32.1. The van der Waals surface area contributed by atoms with Crippen LogP contribution in [0.25, 0.3) is 0 Å². The Morgan fingerprint density at radius 1 is 1.50 bits per heavy atom. The van der Waals surface area contributed by atoms with E-state index in [4.69, 9.17) is 10.5 Å². The molecule has 2 aromatic rings. The topological polar surface area (TPSA) is 77.2 Å². The average molecular weight is 291 g/mol. The molecule has 5 nitrogen and oxygen atoms in total. The highest BCUT2D eigenvalue weighted by Gasteiger charge is 2.11. The van der Waals surface area contributed by atoms with Gasteiger partial charge in [0.15, 0.2) is 0 Å². The Kier molecular flexibility index (Phi) is 4.57. The molecule has 0 spiro atoms. The fourth-order valence-electron chi connectivity index (χ4n) is 1.72. The number of benzene rings is 1. The molecule has 0 aliphatic carbocycles. The second kappa shape index (κ2) is 6.38. The van der Waals surface area contributed by atoms with Gasteiger partial charge in [-0.15, -0.1) is 11.3 Å². The normalized spacial score (nSPS) is 10.3. The lowest BCUT2D eigenvalue weighted by molar-refractivity contribution is 0.0951. The molecule has 0 saturated carbocycles. The van der Waals surface area contributed by atoms with Gasteiger partial charge in [0.05, 0.1) is 19.2 Å². The van der Waals surface area contributed by atoms with E-state index in [1.165, 1.54) is 4.88 Å². The minimum Gasteiger partial charge on any atom is -0.497 e. The number of carbonyl (C=O) groups is 1. The maximum absolute atomic E-state index is 12.1. The van der Waals surface area contributed by atoms with E-state index in [0.29, 0.717) is 23.5 Å². The molecule has 0 fully saturated rings. The Hall–Kier alpha value is -2.08. The number of nitrogens with two attached hydrogens (primary N) is 1. The van der Waals surface area contributed by atoms with Gasteiger partial charge in [-0.05, 0) is 18.6 Å². The summed E-state index contributed by atoms with van der Waals surface area (Å²) in [5.74, 6) is 0.421. The molecule has 1 aromatic heterocycles. The van der Waals surface area contributed by atoms with E-state index < -0.39 is 0 Å². The molecule has 0 unspecified atom stereocenters. The molecule has 2 rings (SSSR count). The zero-order valence-electron chi connectivity index (χ0n) is 11.5. The summed E-state index contributed by atoms with van der Waals surface area (Å²) < 4.78 is 5.05. The van der Waals surface area contributed by atoms with Crippen LogP contribution < -0.4 is 15.8 Å². The van der Waals surface area contributed by atoms with Crippen molar-refractivity contribution in [3.63, 3.8) is 0 Å². The van der Waals surface area contributed by atoms with Gasteiger partial charge in [0, 0.05) is 22.8 Å². The summed E-state index contributed by atoms with van der Waals surface area (Å²) in [6.45, 7) is 2.49. The van der Waals surface area contributed by atoms with Crippen LogP contribution in [-0.2, 0) is 13.0 Å². The van der Waals surface area contributed by atoms with E-state index in [9.17, 15) is 4.79 Å². The maximum atomic E-state index is 12.1. The summed E-state index contributed by atoms with van der Waals surface area (Å²) in [5, 5.41) is 3.71. The van der Waals surface area contributed by atoms with Crippen molar-refractivity contribution in [2.24, 2.45) is 0 Å². The minimum atomic E-state index is -0.210. The van der Waals surface area contributed by atoms with Crippen LogP contribution in [0.15, 0.2) is 24.4 Å². The molecule has 0 atom stereocenters. The molecule has 1 amide bonds. The molecule has 0 aliphatic rings. The molecular weight excluding hydrogens is 274 g/mol. The van der Waals surface area contributed by atoms with Crippen LogP contribution in [0.4, 0.5) is 5.69 Å². The van der Waals surface area contributed by atoms with Crippen LogP contribution in [0, 0.1) is 0 Å². The summed E-state index contributed by atoms with van der Waals surface area (Å²) in [5.41, 5.74) is 6.68. The first-order chi connectivity index (χ1) is 9.63. The van der Waals surface area contributed by atoms with Gasteiger partial charge in [0.1, 0.15) is 10.8 Å². The first kappa shape index (κ1) is 14.3. The van der Waals surface area contributed by atoms with E-state index in [1.807, 2.05) is 6.20 Å². The number of ether oxygens (including phenoxy) is 1. The molecule has 0 bridgehead atoms. The summed E-state index contributed by atoms with van der Waals surface area (Å²) in [6.07, 6.45) is 2.80. The SMILES string of the molecule is CCc1cnc(CNC(=O)c2ccc(OC)cc2N)s1. The molecule has 0 saturated heterocycles. The number of amides is 1. The van der Waals surface area contributed by atoms with Gasteiger partial charge in [-0.3, -0.25) is 4.79 Å². The maximum Gasteiger partial charge on any atom is 0.253 e. The van der Waals surface area contributed by atoms with Crippen LogP contribution in [0.1, 0.15) is 27.2 Å². The number of aromatic nitrogens is 1. The number of nitrogens with one attached hydrogen (secondary N) is 1. The zero-order valence-corrected chi connectivity index (χ0v) is 12.3. The number of anilines is 1. The number of methoxy groups -OCH3 is 1. The zero-order chi connectivity index (χ0) is 14.5. The second-order valence-corrected chi connectivity index (χ2v) is 5.41. The number of carbonyl (C=O) groups excluding carboxylic acids is 1. The molecule has 1 heterocycles. The number of aryl methyl sites for hydroxylation is 1. The Balaban J connectivity index is 2.01. The first-order valence-corrected chi connectivity index (χ1v) is 7.11. The van der Waals surface area contributed by atoms with Crippen LogP contribution >= 0.6 is 11.3 Å². The quantitative estimate of drug-likeness (QED) is 0.828. The highest BCUT2D eigenvalue weighted by molar-refractivity contribution is 7.11. The Morgan fingerprint density at radius 3 is 2.90 bits per heavy atom. The number of nitrogens with zero attached hydrogens (tertiary/aromatic N) is 1. The summed E-state index contributed by atoms with van der Waals surface area (Å²) in [6, 6.07) is 5.00. The van der Waals surface area contributed by atoms with E-state index >= 15 is 0 Å². The van der Waals surface area contributed by atoms with Crippen LogP contribution in [0.5, 0.6) is 5.75 Å². The lowest BCUT2D eigenvalue weighted by Crippen LogP contribution is -2.23. The molecule has 20 heavy (non-hydrogen) atoms. The smallest absolute Gasteiger partial charge is 0.253 e.